The monoisotopic (exact) mass is 586 g/mol. The van der Waals surface area contributed by atoms with Gasteiger partial charge in [0.15, 0.2) is 17.4 Å². The van der Waals surface area contributed by atoms with Crippen molar-refractivity contribution < 1.29 is 19.1 Å². The number of pyridine rings is 1. The van der Waals surface area contributed by atoms with Crippen molar-refractivity contribution >= 4 is 29.0 Å². The summed E-state index contributed by atoms with van der Waals surface area (Å²) in [7, 11) is 0. The van der Waals surface area contributed by atoms with Crippen LogP contribution in [0.4, 0.5) is 11.5 Å². The van der Waals surface area contributed by atoms with Gasteiger partial charge in [0.25, 0.3) is 0 Å². The molecule has 43 heavy (non-hydrogen) atoms. The number of hydrogen-bond acceptors (Lipinski definition) is 9. The summed E-state index contributed by atoms with van der Waals surface area (Å²) in [6.45, 7) is 10.5. The first-order valence-electron chi connectivity index (χ1n) is 15.0. The van der Waals surface area contributed by atoms with Crippen LogP contribution in [-0.4, -0.2) is 64.8 Å². The second-order valence-corrected chi connectivity index (χ2v) is 11.3. The Hall–Kier alpha value is -4.18. The van der Waals surface area contributed by atoms with Gasteiger partial charge in [-0.05, 0) is 37.3 Å². The molecule has 1 aromatic carbocycles. The van der Waals surface area contributed by atoms with Crippen molar-refractivity contribution in [3.8, 4) is 11.3 Å². The number of rotatable bonds is 13. The number of nitrogens with two attached hydrogens (primary N) is 1. The Morgan fingerprint density at radius 2 is 1.77 bits per heavy atom. The maximum absolute atomic E-state index is 13.4. The van der Waals surface area contributed by atoms with E-state index in [2.05, 4.69) is 25.2 Å². The van der Waals surface area contributed by atoms with Crippen LogP contribution in [0.3, 0.4) is 0 Å². The fourth-order valence-corrected chi connectivity index (χ4v) is 5.35. The van der Waals surface area contributed by atoms with Gasteiger partial charge in [-0.25, -0.2) is 9.97 Å². The summed E-state index contributed by atoms with van der Waals surface area (Å²) in [6, 6.07) is 9.04. The van der Waals surface area contributed by atoms with Crippen LogP contribution in [0.5, 0.6) is 0 Å². The SMILES string of the molecule is CC[C@H](C(=O)N[C@@H](C)C(=O)CCc1ccc(-c2cnc(N)c(C(=O)Cc3cnccc3N3CCOCC3)n2)cc1)C(C)C. The molecule has 0 aliphatic carbocycles. The zero-order valence-corrected chi connectivity index (χ0v) is 25.5. The van der Waals surface area contributed by atoms with Gasteiger partial charge in [-0.3, -0.25) is 19.4 Å². The lowest BCUT2D eigenvalue weighted by molar-refractivity contribution is -0.131. The molecule has 0 bridgehead atoms. The summed E-state index contributed by atoms with van der Waals surface area (Å²) < 4.78 is 5.46. The number of ketones is 2. The zero-order chi connectivity index (χ0) is 30.9. The van der Waals surface area contributed by atoms with Crippen LogP contribution >= 0.6 is 0 Å². The highest BCUT2D eigenvalue weighted by Crippen LogP contribution is 2.24. The Labute approximate surface area is 253 Å². The minimum absolute atomic E-state index is 0.00557. The first kappa shape index (κ1) is 31.7. The van der Waals surface area contributed by atoms with E-state index in [0.29, 0.717) is 31.7 Å². The summed E-state index contributed by atoms with van der Waals surface area (Å²) in [4.78, 5) is 53.9. The highest BCUT2D eigenvalue weighted by atomic mass is 16.5. The minimum atomic E-state index is -0.530. The van der Waals surface area contributed by atoms with Crippen molar-refractivity contribution in [3.05, 3.63) is 65.7 Å². The van der Waals surface area contributed by atoms with Gasteiger partial charge in [-0.1, -0.05) is 45.0 Å². The van der Waals surface area contributed by atoms with Crippen molar-refractivity contribution in [2.45, 2.75) is 59.4 Å². The minimum Gasteiger partial charge on any atom is -0.382 e. The predicted octanol–water partition coefficient (Wildman–Crippen LogP) is 4.07. The molecule has 0 saturated carbocycles. The Balaban J connectivity index is 1.38. The molecule has 10 nitrogen and oxygen atoms in total. The highest BCUT2D eigenvalue weighted by molar-refractivity contribution is 6.00. The number of amides is 1. The lowest BCUT2D eigenvalue weighted by atomic mass is 9.92. The van der Waals surface area contributed by atoms with Crippen molar-refractivity contribution in [3.63, 3.8) is 0 Å². The zero-order valence-electron chi connectivity index (χ0n) is 25.5. The number of anilines is 2. The molecule has 4 rings (SSSR count). The van der Waals surface area contributed by atoms with Gasteiger partial charge in [-0.15, -0.1) is 0 Å². The fourth-order valence-electron chi connectivity index (χ4n) is 5.35. The number of carbonyl (C=O) groups excluding carboxylic acids is 3. The Morgan fingerprint density at radius 3 is 2.44 bits per heavy atom. The normalized spacial score (nSPS) is 14.8. The molecule has 2 atom stereocenters. The van der Waals surface area contributed by atoms with Gasteiger partial charge in [0.2, 0.25) is 5.91 Å². The molecule has 0 radical (unpaired) electrons. The van der Waals surface area contributed by atoms with Crippen LogP contribution in [-0.2, 0) is 27.2 Å². The van der Waals surface area contributed by atoms with Crippen LogP contribution in [0.15, 0.2) is 48.9 Å². The van der Waals surface area contributed by atoms with Crippen molar-refractivity contribution in [2.24, 2.45) is 11.8 Å². The third kappa shape index (κ3) is 8.22. The molecule has 1 fully saturated rings. The van der Waals surface area contributed by atoms with E-state index in [4.69, 9.17) is 10.5 Å². The molecular weight excluding hydrogens is 544 g/mol. The third-order valence-electron chi connectivity index (χ3n) is 7.98. The quantitative estimate of drug-likeness (QED) is 0.284. The van der Waals surface area contributed by atoms with Crippen molar-refractivity contribution in [1.29, 1.82) is 0 Å². The van der Waals surface area contributed by atoms with Gasteiger partial charge >= 0.3 is 0 Å². The maximum Gasteiger partial charge on any atom is 0.223 e. The van der Waals surface area contributed by atoms with Gasteiger partial charge in [0.05, 0.1) is 31.1 Å². The predicted molar refractivity (Wildman–Crippen MR) is 167 cm³/mol. The average Bonchev–Trinajstić information content (AvgIpc) is 3.01. The molecule has 2 aromatic heterocycles. The second-order valence-electron chi connectivity index (χ2n) is 11.3. The number of hydrogen-bond donors (Lipinski definition) is 2. The van der Waals surface area contributed by atoms with E-state index in [1.165, 1.54) is 0 Å². The molecule has 228 valence electrons. The molecule has 1 aliphatic heterocycles. The Bertz CT molecular complexity index is 1420. The summed E-state index contributed by atoms with van der Waals surface area (Å²) in [5, 5.41) is 2.88. The summed E-state index contributed by atoms with van der Waals surface area (Å²) in [6.07, 6.45) is 6.70. The topological polar surface area (TPSA) is 140 Å². The summed E-state index contributed by atoms with van der Waals surface area (Å²) in [5.41, 5.74) is 10.3. The summed E-state index contributed by atoms with van der Waals surface area (Å²) >= 11 is 0. The number of nitrogens with one attached hydrogen (secondary N) is 1. The Kier molecular flexibility index (Phi) is 10.9. The molecule has 3 aromatic rings. The van der Waals surface area contributed by atoms with Crippen LogP contribution < -0.4 is 16.0 Å². The number of benzene rings is 1. The fraction of sp³-hybridized carbons (Fsp3) is 0.455. The van der Waals surface area contributed by atoms with Crippen molar-refractivity contribution in [1.82, 2.24) is 20.3 Å². The van der Waals surface area contributed by atoms with E-state index in [1.54, 1.807) is 25.5 Å². The number of aryl methyl sites for hydroxylation is 1. The van der Waals surface area contributed by atoms with E-state index in [9.17, 15) is 14.4 Å². The number of carbonyl (C=O) groups is 3. The van der Waals surface area contributed by atoms with Crippen molar-refractivity contribution in [2.75, 3.05) is 36.9 Å². The third-order valence-corrected chi connectivity index (χ3v) is 7.98. The number of nitrogen functional groups attached to an aromatic ring is 1. The van der Waals surface area contributed by atoms with Crippen LogP contribution in [0.2, 0.25) is 0 Å². The maximum atomic E-state index is 13.4. The van der Waals surface area contributed by atoms with Gasteiger partial charge in [0.1, 0.15) is 5.69 Å². The van der Waals surface area contributed by atoms with Gasteiger partial charge in [0, 0.05) is 61.1 Å². The molecule has 3 heterocycles. The van der Waals surface area contributed by atoms with Gasteiger partial charge in [-0.2, -0.15) is 0 Å². The average molecular weight is 587 g/mol. The lowest BCUT2D eigenvalue weighted by Crippen LogP contribution is -2.43. The molecule has 0 spiro atoms. The molecule has 0 unspecified atom stereocenters. The van der Waals surface area contributed by atoms with E-state index in [1.807, 2.05) is 51.1 Å². The number of morpholine rings is 1. The standard InChI is InChI=1S/C33H42N6O4/c1-5-26(21(2)3)33(42)37-22(4)29(40)11-8-23-6-9-24(10-7-23)27-20-36-32(34)31(38-27)30(41)18-25-19-35-13-12-28(25)39-14-16-43-17-15-39/h6-7,9-10,12-13,19-22,26H,5,8,11,14-18H2,1-4H3,(H2,34,36)(H,37,42)/t22-,26-/m0/s1. The molecular formula is C33H42N6O4. The van der Waals surface area contributed by atoms with Crippen LogP contribution in [0.1, 0.15) is 62.2 Å². The summed E-state index contributed by atoms with van der Waals surface area (Å²) in [5.74, 6) is -0.0971. The Morgan fingerprint density at radius 1 is 1.05 bits per heavy atom. The first-order chi connectivity index (χ1) is 20.7. The lowest BCUT2D eigenvalue weighted by Gasteiger charge is -2.30. The second kappa shape index (κ2) is 14.8. The van der Waals surface area contributed by atoms with Crippen LogP contribution in [0, 0.1) is 11.8 Å². The van der Waals surface area contributed by atoms with Crippen LogP contribution in [0.25, 0.3) is 11.3 Å². The van der Waals surface area contributed by atoms with Gasteiger partial charge < -0.3 is 20.7 Å². The van der Waals surface area contributed by atoms with E-state index in [-0.39, 0.29) is 47.2 Å². The van der Waals surface area contributed by atoms with E-state index >= 15 is 0 Å². The molecule has 1 aliphatic rings. The van der Waals surface area contributed by atoms with E-state index < -0.39 is 6.04 Å². The largest absolute Gasteiger partial charge is 0.382 e. The molecule has 1 amide bonds. The number of aromatic nitrogens is 3. The highest BCUT2D eigenvalue weighted by Gasteiger charge is 2.24. The number of Topliss-reactive ketones (excluding diaryl/α,β-unsaturated/α-hetero) is 2. The smallest absolute Gasteiger partial charge is 0.223 e. The number of ether oxygens (including phenoxy) is 1. The number of nitrogens with zero attached hydrogens (tertiary/aromatic N) is 4. The van der Waals surface area contributed by atoms with E-state index in [0.717, 1.165) is 41.9 Å². The first-order valence-corrected chi connectivity index (χ1v) is 15.0. The molecule has 3 N–H and O–H groups in total. The molecule has 10 heteroatoms. The molecule has 1 saturated heterocycles.